The van der Waals surface area contributed by atoms with Crippen molar-refractivity contribution in [2.45, 2.75) is 55.2 Å². The summed E-state index contributed by atoms with van der Waals surface area (Å²) < 4.78 is 42.3. The van der Waals surface area contributed by atoms with Gasteiger partial charge in [0.1, 0.15) is 0 Å². The zero-order chi connectivity index (χ0) is 24.1. The fourth-order valence-electron chi connectivity index (χ4n) is 3.08. The van der Waals surface area contributed by atoms with Crippen molar-refractivity contribution < 1.29 is 42.1 Å². The molecule has 0 saturated carbocycles. The van der Waals surface area contributed by atoms with Gasteiger partial charge in [0.05, 0.1) is 44.6 Å². The number of carbonyl (C=O) groups excluding carboxylic acids is 2. The van der Waals surface area contributed by atoms with E-state index in [2.05, 4.69) is 10.6 Å². The molecule has 4 atom stereocenters. The quantitative estimate of drug-likeness (QED) is 0.180. The number of hydrogen-bond donors (Lipinski definition) is 5. The molecule has 32 heavy (non-hydrogen) atoms. The molecular weight excluding hydrogens is 457 g/mol. The van der Waals surface area contributed by atoms with Crippen molar-refractivity contribution in [3.63, 3.8) is 0 Å². The van der Waals surface area contributed by atoms with Crippen LogP contribution in [0.1, 0.15) is 25.7 Å². The van der Waals surface area contributed by atoms with Gasteiger partial charge >= 0.3 is 18.2 Å². The highest BCUT2D eigenvalue weighted by atomic mass is 32.2. The number of rotatable bonds is 13. The van der Waals surface area contributed by atoms with Crippen LogP contribution in [0.4, 0.5) is 18.0 Å². The maximum absolute atomic E-state index is 12.0. The van der Waals surface area contributed by atoms with E-state index in [0.29, 0.717) is 38.0 Å². The summed E-state index contributed by atoms with van der Waals surface area (Å²) in [6.07, 6.45) is -1.82. The molecule has 0 spiro atoms. The number of carboxylic acids is 1. The van der Waals surface area contributed by atoms with Crippen LogP contribution in [0.25, 0.3) is 0 Å². The Balaban J connectivity index is 0.000000633. The van der Waals surface area contributed by atoms with Crippen LogP contribution in [0.3, 0.4) is 0 Å². The van der Waals surface area contributed by atoms with E-state index in [1.807, 2.05) is 11.8 Å². The standard InChI is InChI=1S/C16H30N4O4S.C2HF3O2/c17-5-6-23-7-8-24-9-11(18)13(21)3-1-2-4-14-15-12(10-25-14)19-16(22)20-15;3-2(4,5)1(6)7/h11-12,14-15H,1-10,17-18H2,(H2,19,20,22);(H,6,7)/t11?,12-,14-,15-;/m0./s1. The van der Waals surface area contributed by atoms with E-state index >= 15 is 0 Å². The van der Waals surface area contributed by atoms with Crippen LogP contribution in [0.5, 0.6) is 0 Å². The molecule has 10 nitrogen and oxygen atoms in total. The number of aliphatic carboxylic acids is 1. The topological polar surface area (TPSA) is 166 Å². The van der Waals surface area contributed by atoms with Gasteiger partial charge in [-0.25, -0.2) is 9.59 Å². The summed E-state index contributed by atoms with van der Waals surface area (Å²) in [5.74, 6) is -1.76. The lowest BCUT2D eigenvalue weighted by Crippen LogP contribution is -2.37. The number of unbranched alkanes of at least 4 members (excludes halogenated alkanes) is 1. The van der Waals surface area contributed by atoms with Crippen molar-refractivity contribution in [2.75, 3.05) is 38.7 Å². The Morgan fingerprint density at radius 1 is 1.19 bits per heavy atom. The summed E-state index contributed by atoms with van der Waals surface area (Å²) in [6.45, 7) is 2.11. The summed E-state index contributed by atoms with van der Waals surface area (Å²) in [4.78, 5) is 32.2. The van der Waals surface area contributed by atoms with Crippen molar-refractivity contribution in [1.29, 1.82) is 0 Å². The Hall–Kier alpha value is -1.61. The molecule has 2 aliphatic heterocycles. The molecule has 2 saturated heterocycles. The number of halogens is 3. The molecule has 0 bridgehead atoms. The van der Waals surface area contributed by atoms with E-state index in [9.17, 15) is 22.8 Å². The van der Waals surface area contributed by atoms with E-state index in [0.717, 1.165) is 25.0 Å². The molecular formula is C18H31F3N4O6S. The maximum Gasteiger partial charge on any atom is 0.490 e. The molecule has 14 heteroatoms. The van der Waals surface area contributed by atoms with Crippen LogP contribution in [0.2, 0.25) is 0 Å². The number of urea groups is 1. The molecule has 0 radical (unpaired) electrons. The largest absolute Gasteiger partial charge is 0.490 e. The van der Waals surface area contributed by atoms with Gasteiger partial charge in [0, 0.05) is 24.0 Å². The minimum atomic E-state index is -5.08. The second-order valence-corrected chi connectivity index (χ2v) is 8.49. The Morgan fingerprint density at radius 3 is 2.47 bits per heavy atom. The third-order valence-electron chi connectivity index (χ3n) is 4.69. The zero-order valence-corrected chi connectivity index (χ0v) is 18.4. The zero-order valence-electron chi connectivity index (χ0n) is 17.6. The van der Waals surface area contributed by atoms with E-state index in [-0.39, 0.29) is 30.5 Å². The maximum atomic E-state index is 12.0. The number of ketones is 1. The molecule has 1 unspecified atom stereocenters. The highest BCUT2D eigenvalue weighted by Crippen LogP contribution is 2.33. The molecule has 0 aliphatic carbocycles. The van der Waals surface area contributed by atoms with E-state index in [4.69, 9.17) is 30.8 Å². The van der Waals surface area contributed by atoms with Gasteiger partial charge in [0.15, 0.2) is 5.78 Å². The monoisotopic (exact) mass is 488 g/mol. The minimum Gasteiger partial charge on any atom is -0.475 e. The Kier molecular flexibility index (Phi) is 12.9. The van der Waals surface area contributed by atoms with Crippen LogP contribution < -0.4 is 22.1 Å². The molecule has 0 aromatic carbocycles. The van der Waals surface area contributed by atoms with Crippen molar-refractivity contribution in [2.24, 2.45) is 11.5 Å². The molecule has 0 aromatic heterocycles. The first-order valence-electron chi connectivity index (χ1n) is 10.2. The number of nitrogens with one attached hydrogen (secondary N) is 2. The van der Waals surface area contributed by atoms with Crippen molar-refractivity contribution in [1.82, 2.24) is 10.6 Å². The van der Waals surface area contributed by atoms with Gasteiger partial charge in [-0.05, 0) is 12.8 Å². The predicted octanol–water partition coefficient (Wildman–Crippen LogP) is 0.234. The summed E-state index contributed by atoms with van der Waals surface area (Å²) in [7, 11) is 0. The smallest absolute Gasteiger partial charge is 0.475 e. The summed E-state index contributed by atoms with van der Waals surface area (Å²) in [5.41, 5.74) is 11.2. The van der Waals surface area contributed by atoms with Gasteiger partial charge < -0.3 is 36.7 Å². The molecule has 2 rings (SSSR count). The molecule has 2 fully saturated rings. The third-order valence-corrected chi connectivity index (χ3v) is 6.20. The predicted molar refractivity (Wildman–Crippen MR) is 111 cm³/mol. The average molecular weight is 489 g/mol. The molecule has 2 heterocycles. The molecule has 2 amide bonds. The second-order valence-electron chi connectivity index (χ2n) is 7.22. The number of hydrogen-bond acceptors (Lipinski definition) is 8. The lowest BCUT2D eigenvalue weighted by atomic mass is 10.0. The second kappa shape index (κ2) is 14.5. The van der Waals surface area contributed by atoms with Gasteiger partial charge in [0.2, 0.25) is 0 Å². The Bertz CT molecular complexity index is 614. The Labute approximate surface area is 188 Å². The normalized spacial score (nSPS) is 22.9. The highest BCUT2D eigenvalue weighted by molar-refractivity contribution is 8.00. The third kappa shape index (κ3) is 10.8. The van der Waals surface area contributed by atoms with Gasteiger partial charge in [0.25, 0.3) is 0 Å². The number of ether oxygens (including phenoxy) is 2. The fraction of sp³-hybridized carbons (Fsp3) is 0.833. The van der Waals surface area contributed by atoms with Gasteiger partial charge in [-0.3, -0.25) is 4.79 Å². The number of carbonyl (C=O) groups is 3. The Morgan fingerprint density at radius 2 is 1.84 bits per heavy atom. The number of amides is 2. The lowest BCUT2D eigenvalue weighted by Gasteiger charge is -2.16. The summed E-state index contributed by atoms with van der Waals surface area (Å²) in [5, 5.41) is 13.5. The SMILES string of the molecule is NCCOCCOCC(N)C(=O)CCCC[C@@H]1SC[C@@H]2NC(=O)N[C@@H]21.O=C(O)C(F)(F)F. The number of nitrogens with two attached hydrogens (primary N) is 2. The van der Waals surface area contributed by atoms with E-state index in [1.165, 1.54) is 0 Å². The first-order chi connectivity index (χ1) is 15.1. The number of alkyl halides is 3. The van der Waals surface area contributed by atoms with E-state index in [1.54, 1.807) is 0 Å². The van der Waals surface area contributed by atoms with Crippen LogP contribution in [0.15, 0.2) is 0 Å². The van der Waals surface area contributed by atoms with Gasteiger partial charge in [-0.2, -0.15) is 24.9 Å². The summed E-state index contributed by atoms with van der Waals surface area (Å²) >= 11 is 1.89. The molecule has 2 aliphatic rings. The number of carboxylic acid groups (broad SMARTS) is 1. The van der Waals surface area contributed by atoms with Crippen LogP contribution in [0, 0.1) is 0 Å². The first-order valence-corrected chi connectivity index (χ1v) is 11.2. The van der Waals surface area contributed by atoms with Crippen molar-refractivity contribution in [3.8, 4) is 0 Å². The van der Waals surface area contributed by atoms with Crippen molar-refractivity contribution in [3.05, 3.63) is 0 Å². The molecule has 186 valence electrons. The summed E-state index contributed by atoms with van der Waals surface area (Å²) in [6, 6.07) is -0.151. The number of Topliss-reactive ketones (excluding diaryl/α,β-unsaturated/α-hetero) is 1. The van der Waals surface area contributed by atoms with E-state index < -0.39 is 18.2 Å². The van der Waals surface area contributed by atoms with Crippen LogP contribution in [-0.2, 0) is 19.1 Å². The van der Waals surface area contributed by atoms with Crippen LogP contribution in [-0.4, -0.2) is 91.2 Å². The number of thioether (sulfide) groups is 1. The van der Waals surface area contributed by atoms with Gasteiger partial charge in [-0.1, -0.05) is 6.42 Å². The highest BCUT2D eigenvalue weighted by Gasteiger charge is 2.42. The average Bonchev–Trinajstić information content (AvgIpc) is 3.26. The number of fused-ring (bicyclic) bond motifs is 1. The van der Waals surface area contributed by atoms with Crippen molar-refractivity contribution >= 4 is 29.5 Å². The lowest BCUT2D eigenvalue weighted by molar-refractivity contribution is -0.192. The van der Waals surface area contributed by atoms with Gasteiger partial charge in [-0.15, -0.1) is 0 Å². The molecule has 0 aromatic rings. The fourth-order valence-corrected chi connectivity index (χ4v) is 4.62. The van der Waals surface area contributed by atoms with Crippen LogP contribution >= 0.6 is 11.8 Å². The first kappa shape index (κ1) is 28.4. The molecule has 7 N–H and O–H groups in total. The minimum absolute atomic E-state index is 0.0377.